The Balaban J connectivity index is 2.08. The number of nitrogens with zero attached hydrogens (tertiary/aromatic N) is 2. The molecule has 0 N–H and O–H groups in total. The molecule has 0 bridgehead atoms. The summed E-state index contributed by atoms with van der Waals surface area (Å²) in [6.45, 7) is 6.56. The molecule has 0 spiro atoms. The maximum atomic E-state index is 8.73. The van der Waals surface area contributed by atoms with Crippen LogP contribution in [-0.4, -0.2) is 13.1 Å². The van der Waals surface area contributed by atoms with E-state index < -0.39 is 0 Å². The first kappa shape index (κ1) is 12.0. The molecule has 1 aromatic carbocycles. The van der Waals surface area contributed by atoms with Crippen LogP contribution < -0.4 is 4.90 Å². The van der Waals surface area contributed by atoms with Crippen LogP contribution >= 0.6 is 0 Å². The van der Waals surface area contributed by atoms with E-state index in [1.807, 2.05) is 0 Å². The molecule has 1 fully saturated rings. The summed E-state index contributed by atoms with van der Waals surface area (Å²) in [4.78, 5) is 2.48. The summed E-state index contributed by atoms with van der Waals surface area (Å²) in [7, 11) is 0. The van der Waals surface area contributed by atoms with Crippen molar-refractivity contribution in [3.63, 3.8) is 0 Å². The second-order valence-corrected chi connectivity index (χ2v) is 5.03. The van der Waals surface area contributed by atoms with Gasteiger partial charge in [-0.05, 0) is 43.7 Å². The van der Waals surface area contributed by atoms with Crippen molar-refractivity contribution in [1.82, 2.24) is 0 Å². The van der Waals surface area contributed by atoms with E-state index >= 15 is 0 Å². The summed E-state index contributed by atoms with van der Waals surface area (Å²) in [5.74, 6) is 0.612. The van der Waals surface area contributed by atoms with Crippen molar-refractivity contribution in [2.75, 3.05) is 18.0 Å². The van der Waals surface area contributed by atoms with Gasteiger partial charge < -0.3 is 4.90 Å². The Kier molecular flexibility index (Phi) is 3.68. The first-order valence-corrected chi connectivity index (χ1v) is 6.40. The highest BCUT2D eigenvalue weighted by Crippen LogP contribution is 2.29. The van der Waals surface area contributed by atoms with Gasteiger partial charge in [-0.1, -0.05) is 18.2 Å². The number of anilines is 1. The molecule has 2 rings (SSSR count). The first-order chi connectivity index (χ1) is 8.22. The lowest BCUT2D eigenvalue weighted by atomic mass is 9.93. The zero-order chi connectivity index (χ0) is 12.3. The van der Waals surface area contributed by atoms with Crippen LogP contribution in [-0.2, 0) is 0 Å². The van der Waals surface area contributed by atoms with Gasteiger partial charge in [-0.15, -0.1) is 0 Å². The Morgan fingerprint density at radius 2 is 1.82 bits per heavy atom. The van der Waals surface area contributed by atoms with Crippen molar-refractivity contribution in [3.8, 4) is 6.07 Å². The molecule has 1 aromatic rings. The van der Waals surface area contributed by atoms with Gasteiger partial charge in [-0.3, -0.25) is 0 Å². The Morgan fingerprint density at radius 3 is 2.35 bits per heavy atom. The predicted molar refractivity (Wildman–Crippen MR) is 71.1 cm³/mol. The van der Waals surface area contributed by atoms with E-state index in [2.05, 4.69) is 43.0 Å². The highest BCUT2D eigenvalue weighted by atomic mass is 15.1. The molecule has 90 valence electrons. The topological polar surface area (TPSA) is 27.0 Å². The van der Waals surface area contributed by atoms with Crippen molar-refractivity contribution in [3.05, 3.63) is 29.3 Å². The third-order valence-corrected chi connectivity index (χ3v) is 3.75. The molecule has 17 heavy (non-hydrogen) atoms. The van der Waals surface area contributed by atoms with Crippen molar-refractivity contribution in [2.45, 2.75) is 33.1 Å². The van der Waals surface area contributed by atoms with Crippen molar-refractivity contribution >= 4 is 5.69 Å². The number of benzene rings is 1. The minimum atomic E-state index is 0.612. The second-order valence-electron chi connectivity index (χ2n) is 5.03. The van der Waals surface area contributed by atoms with Gasteiger partial charge in [0.25, 0.3) is 0 Å². The van der Waals surface area contributed by atoms with Crippen LogP contribution in [0.5, 0.6) is 0 Å². The number of piperidine rings is 1. The molecule has 0 amide bonds. The molecule has 0 aromatic heterocycles. The van der Waals surface area contributed by atoms with Gasteiger partial charge in [0.1, 0.15) is 0 Å². The third kappa shape index (κ3) is 2.61. The van der Waals surface area contributed by atoms with Crippen LogP contribution in [0.15, 0.2) is 18.2 Å². The predicted octanol–water partition coefficient (Wildman–Crippen LogP) is 3.43. The van der Waals surface area contributed by atoms with Crippen molar-refractivity contribution in [1.29, 1.82) is 5.26 Å². The molecule has 1 aliphatic rings. The summed E-state index contributed by atoms with van der Waals surface area (Å²) in [5, 5.41) is 8.73. The Morgan fingerprint density at radius 1 is 1.24 bits per heavy atom. The van der Waals surface area contributed by atoms with Crippen LogP contribution in [0.2, 0.25) is 0 Å². The van der Waals surface area contributed by atoms with Crippen LogP contribution in [0.1, 0.15) is 30.4 Å². The molecule has 2 nitrogen and oxygen atoms in total. The van der Waals surface area contributed by atoms with E-state index in [-0.39, 0.29) is 0 Å². The quantitative estimate of drug-likeness (QED) is 0.775. The SMILES string of the molecule is Cc1cccc(C)c1N1CCC(CC#N)CC1. The number of hydrogen-bond donors (Lipinski definition) is 0. The van der Waals surface area contributed by atoms with E-state index in [9.17, 15) is 0 Å². The van der Waals surface area contributed by atoms with Crippen molar-refractivity contribution in [2.24, 2.45) is 5.92 Å². The number of nitriles is 1. The zero-order valence-corrected chi connectivity index (χ0v) is 10.7. The number of hydrogen-bond acceptors (Lipinski definition) is 2. The lowest BCUT2D eigenvalue weighted by Gasteiger charge is -2.34. The Bertz CT molecular complexity index is 403. The molecular weight excluding hydrogens is 208 g/mol. The average molecular weight is 228 g/mol. The lowest BCUT2D eigenvalue weighted by molar-refractivity contribution is 0.412. The standard InChI is InChI=1S/C15H20N2/c1-12-4-3-5-13(2)15(12)17-10-7-14(6-9-16)8-11-17/h3-5,14H,6-8,10-11H2,1-2H3. The largest absolute Gasteiger partial charge is 0.371 e. The molecule has 2 heteroatoms. The molecule has 0 atom stereocenters. The van der Waals surface area contributed by atoms with Gasteiger partial charge in [0.2, 0.25) is 0 Å². The third-order valence-electron chi connectivity index (χ3n) is 3.75. The maximum Gasteiger partial charge on any atom is 0.0624 e. The van der Waals surface area contributed by atoms with E-state index in [0.29, 0.717) is 5.92 Å². The summed E-state index contributed by atoms with van der Waals surface area (Å²) < 4.78 is 0. The van der Waals surface area contributed by atoms with Gasteiger partial charge in [-0.25, -0.2) is 0 Å². The summed E-state index contributed by atoms with van der Waals surface area (Å²) >= 11 is 0. The average Bonchev–Trinajstić information content (AvgIpc) is 2.31. The van der Waals surface area contributed by atoms with Gasteiger partial charge in [-0.2, -0.15) is 5.26 Å². The van der Waals surface area contributed by atoms with Gasteiger partial charge in [0.15, 0.2) is 0 Å². The van der Waals surface area contributed by atoms with Crippen molar-refractivity contribution < 1.29 is 0 Å². The molecule has 1 saturated heterocycles. The maximum absolute atomic E-state index is 8.73. The van der Waals surface area contributed by atoms with Crippen LogP contribution in [0.25, 0.3) is 0 Å². The highest BCUT2D eigenvalue weighted by molar-refractivity contribution is 5.59. The first-order valence-electron chi connectivity index (χ1n) is 6.40. The summed E-state index contributed by atoms with van der Waals surface area (Å²) in [5.41, 5.74) is 4.13. The molecule has 1 heterocycles. The van der Waals surface area contributed by atoms with Crippen LogP contribution in [0.4, 0.5) is 5.69 Å². The number of para-hydroxylation sites is 1. The van der Waals surface area contributed by atoms with E-state index in [4.69, 9.17) is 5.26 Å². The molecule has 0 unspecified atom stereocenters. The second kappa shape index (κ2) is 5.23. The smallest absolute Gasteiger partial charge is 0.0624 e. The van der Waals surface area contributed by atoms with Gasteiger partial charge in [0.05, 0.1) is 6.07 Å². The fraction of sp³-hybridized carbons (Fsp3) is 0.533. The van der Waals surface area contributed by atoms with Gasteiger partial charge in [0, 0.05) is 25.2 Å². The van der Waals surface area contributed by atoms with E-state index in [1.54, 1.807) is 0 Å². The van der Waals surface area contributed by atoms with Gasteiger partial charge >= 0.3 is 0 Å². The molecule has 1 aliphatic heterocycles. The number of rotatable bonds is 2. The lowest BCUT2D eigenvalue weighted by Crippen LogP contribution is -2.34. The van der Waals surface area contributed by atoms with E-state index in [1.165, 1.54) is 16.8 Å². The van der Waals surface area contributed by atoms with E-state index in [0.717, 1.165) is 32.4 Å². The number of aryl methyl sites for hydroxylation is 2. The Labute approximate surface area is 104 Å². The molecule has 0 aliphatic carbocycles. The molecular formula is C15H20N2. The monoisotopic (exact) mass is 228 g/mol. The minimum Gasteiger partial charge on any atom is -0.371 e. The van der Waals surface area contributed by atoms with Crippen LogP contribution in [0, 0.1) is 31.1 Å². The Hall–Kier alpha value is -1.49. The summed E-state index contributed by atoms with van der Waals surface area (Å²) in [6.07, 6.45) is 3.03. The zero-order valence-electron chi connectivity index (χ0n) is 10.7. The normalized spacial score (nSPS) is 16.9. The molecule has 0 radical (unpaired) electrons. The molecule has 0 saturated carbocycles. The highest BCUT2D eigenvalue weighted by Gasteiger charge is 2.20. The fourth-order valence-corrected chi connectivity index (χ4v) is 2.79. The fourth-order valence-electron chi connectivity index (χ4n) is 2.79. The minimum absolute atomic E-state index is 0.612. The van der Waals surface area contributed by atoms with Crippen LogP contribution in [0.3, 0.4) is 0 Å². The summed E-state index contributed by atoms with van der Waals surface area (Å²) in [6, 6.07) is 8.79.